The fourth-order valence-electron chi connectivity index (χ4n) is 2.59. The Morgan fingerprint density at radius 2 is 1.73 bits per heavy atom. The van der Waals surface area contributed by atoms with Crippen LogP contribution < -0.4 is 10.6 Å². The number of carbonyl (C=O) groups is 1. The third-order valence-corrected chi connectivity index (χ3v) is 3.91. The van der Waals surface area contributed by atoms with Crippen LogP contribution in [0.5, 0.6) is 0 Å². The van der Waals surface area contributed by atoms with Crippen LogP contribution in [0.1, 0.15) is 11.1 Å². The minimum atomic E-state index is -0.196. The highest BCUT2D eigenvalue weighted by atomic mass is 19.1. The Kier molecular flexibility index (Phi) is 5.93. The van der Waals surface area contributed by atoms with Gasteiger partial charge >= 0.3 is 0 Å². The molecule has 0 atom stereocenters. The highest BCUT2D eigenvalue weighted by Gasteiger charge is 2.05. The predicted octanol–water partition coefficient (Wildman–Crippen LogP) is 4.06. The van der Waals surface area contributed by atoms with Crippen molar-refractivity contribution < 1.29 is 9.18 Å². The first-order chi connectivity index (χ1) is 12.7. The Morgan fingerprint density at radius 1 is 0.962 bits per heavy atom. The number of nitrogens with one attached hydrogen (secondary N) is 2. The van der Waals surface area contributed by atoms with Crippen LogP contribution in [0.3, 0.4) is 0 Å². The molecular formula is C21H20FN3O. The zero-order valence-electron chi connectivity index (χ0n) is 14.3. The van der Waals surface area contributed by atoms with E-state index in [9.17, 15) is 9.18 Å². The van der Waals surface area contributed by atoms with E-state index in [1.54, 1.807) is 30.5 Å². The van der Waals surface area contributed by atoms with E-state index in [1.807, 2.05) is 36.4 Å². The smallest absolute Gasteiger partial charge is 0.228 e. The molecule has 0 unspecified atom stereocenters. The zero-order chi connectivity index (χ0) is 18.2. The molecule has 3 aromatic rings. The van der Waals surface area contributed by atoms with Gasteiger partial charge in [0.2, 0.25) is 5.91 Å². The summed E-state index contributed by atoms with van der Waals surface area (Å²) in [5.74, 6) is 0.402. The molecule has 0 aliphatic heterocycles. The first kappa shape index (κ1) is 17.6. The van der Waals surface area contributed by atoms with E-state index in [0.29, 0.717) is 36.5 Å². The number of carbonyl (C=O) groups excluding carboxylic acids is 1. The molecule has 1 aromatic heterocycles. The maximum atomic E-state index is 13.6. The van der Waals surface area contributed by atoms with Crippen LogP contribution in [0.25, 0.3) is 0 Å². The Morgan fingerprint density at radius 3 is 2.46 bits per heavy atom. The van der Waals surface area contributed by atoms with Crippen molar-refractivity contribution in [3.63, 3.8) is 0 Å². The number of nitrogens with zero attached hydrogens (tertiary/aromatic N) is 1. The predicted molar refractivity (Wildman–Crippen MR) is 102 cm³/mol. The van der Waals surface area contributed by atoms with Crippen LogP contribution >= 0.6 is 0 Å². The second-order valence-electron chi connectivity index (χ2n) is 5.91. The number of aromatic nitrogens is 1. The Balaban J connectivity index is 1.47. The van der Waals surface area contributed by atoms with Crippen molar-refractivity contribution in [2.24, 2.45) is 0 Å². The van der Waals surface area contributed by atoms with Crippen molar-refractivity contribution in [3.05, 3.63) is 89.9 Å². The summed E-state index contributed by atoms with van der Waals surface area (Å²) in [7, 11) is 0. The molecule has 3 rings (SSSR count). The molecule has 5 heteroatoms. The molecule has 0 saturated carbocycles. The highest BCUT2D eigenvalue weighted by molar-refractivity contribution is 5.92. The summed E-state index contributed by atoms with van der Waals surface area (Å²) in [4.78, 5) is 16.3. The van der Waals surface area contributed by atoms with Gasteiger partial charge in [-0.1, -0.05) is 48.5 Å². The normalized spacial score (nSPS) is 10.3. The summed E-state index contributed by atoms with van der Waals surface area (Å²) >= 11 is 0. The molecule has 0 aliphatic rings. The number of anilines is 2. The molecule has 132 valence electrons. The van der Waals surface area contributed by atoms with Crippen molar-refractivity contribution in [3.8, 4) is 0 Å². The number of pyridine rings is 1. The van der Waals surface area contributed by atoms with Gasteiger partial charge in [-0.25, -0.2) is 9.37 Å². The van der Waals surface area contributed by atoms with Crippen molar-refractivity contribution in [2.45, 2.75) is 12.8 Å². The number of rotatable bonds is 7. The van der Waals surface area contributed by atoms with Gasteiger partial charge in [-0.3, -0.25) is 4.79 Å². The van der Waals surface area contributed by atoms with E-state index in [4.69, 9.17) is 0 Å². The van der Waals surface area contributed by atoms with Gasteiger partial charge < -0.3 is 10.6 Å². The molecule has 2 N–H and O–H groups in total. The molecule has 26 heavy (non-hydrogen) atoms. The molecule has 0 aliphatic carbocycles. The summed E-state index contributed by atoms with van der Waals surface area (Å²) in [5.41, 5.74) is 2.28. The minimum Gasteiger partial charge on any atom is -0.370 e. The van der Waals surface area contributed by atoms with E-state index in [1.165, 1.54) is 6.07 Å². The number of hydrogen-bond donors (Lipinski definition) is 2. The van der Waals surface area contributed by atoms with E-state index in [-0.39, 0.29) is 11.7 Å². The first-order valence-electron chi connectivity index (χ1n) is 8.48. The Hall–Kier alpha value is -3.21. The molecule has 0 bridgehead atoms. The van der Waals surface area contributed by atoms with Gasteiger partial charge in [0.05, 0.1) is 18.3 Å². The van der Waals surface area contributed by atoms with Crippen molar-refractivity contribution in [2.75, 3.05) is 17.2 Å². The van der Waals surface area contributed by atoms with E-state index in [0.717, 1.165) is 5.56 Å². The summed E-state index contributed by atoms with van der Waals surface area (Å²) in [6.07, 6.45) is 2.50. The Labute approximate surface area is 152 Å². The lowest BCUT2D eigenvalue weighted by Gasteiger charge is -2.08. The van der Waals surface area contributed by atoms with Crippen LogP contribution in [0, 0.1) is 5.82 Å². The largest absolute Gasteiger partial charge is 0.370 e. The third kappa shape index (κ3) is 5.14. The topological polar surface area (TPSA) is 54.0 Å². The van der Waals surface area contributed by atoms with Gasteiger partial charge in [0.15, 0.2) is 0 Å². The van der Waals surface area contributed by atoms with Crippen LogP contribution in [-0.4, -0.2) is 17.4 Å². The standard InChI is InChI=1S/C21H20FN3O/c22-19-9-5-4-8-17(19)12-13-23-20-11-10-18(15-24-20)25-21(26)14-16-6-2-1-3-7-16/h1-11,15H,12-14H2,(H,23,24)(H,25,26). The maximum Gasteiger partial charge on any atom is 0.228 e. The van der Waals surface area contributed by atoms with E-state index >= 15 is 0 Å². The first-order valence-corrected chi connectivity index (χ1v) is 8.48. The van der Waals surface area contributed by atoms with Crippen molar-refractivity contribution in [1.82, 2.24) is 4.98 Å². The van der Waals surface area contributed by atoms with Crippen molar-refractivity contribution in [1.29, 1.82) is 0 Å². The van der Waals surface area contributed by atoms with Crippen LogP contribution in [0.4, 0.5) is 15.9 Å². The number of halogens is 1. The summed E-state index contributed by atoms with van der Waals surface area (Å²) in [6.45, 7) is 0.577. The zero-order valence-corrected chi connectivity index (χ0v) is 14.3. The van der Waals surface area contributed by atoms with Gasteiger partial charge in [-0.2, -0.15) is 0 Å². The second-order valence-corrected chi connectivity index (χ2v) is 5.91. The van der Waals surface area contributed by atoms with Gasteiger partial charge in [-0.15, -0.1) is 0 Å². The molecule has 0 fully saturated rings. The van der Waals surface area contributed by atoms with Crippen molar-refractivity contribution >= 4 is 17.4 Å². The lowest BCUT2D eigenvalue weighted by molar-refractivity contribution is -0.115. The van der Waals surface area contributed by atoms with Gasteiger partial charge in [0.25, 0.3) is 0 Å². The second kappa shape index (κ2) is 8.76. The average molecular weight is 349 g/mol. The molecule has 1 heterocycles. The monoisotopic (exact) mass is 349 g/mol. The van der Waals surface area contributed by atoms with Gasteiger partial charge in [0.1, 0.15) is 11.6 Å². The fraction of sp³-hybridized carbons (Fsp3) is 0.143. The third-order valence-electron chi connectivity index (χ3n) is 3.91. The molecule has 2 aromatic carbocycles. The van der Waals surface area contributed by atoms with E-state index in [2.05, 4.69) is 15.6 Å². The number of amides is 1. The molecule has 0 spiro atoms. The molecule has 4 nitrogen and oxygen atoms in total. The lowest BCUT2D eigenvalue weighted by Crippen LogP contribution is -2.14. The molecule has 0 radical (unpaired) electrons. The number of benzene rings is 2. The SMILES string of the molecule is O=C(Cc1ccccc1)Nc1ccc(NCCc2ccccc2F)nc1. The van der Waals surface area contributed by atoms with E-state index < -0.39 is 0 Å². The van der Waals surface area contributed by atoms with Crippen LogP contribution in [-0.2, 0) is 17.6 Å². The summed E-state index contributed by atoms with van der Waals surface area (Å²) in [5, 5.41) is 5.98. The maximum absolute atomic E-state index is 13.6. The number of hydrogen-bond acceptors (Lipinski definition) is 3. The fourth-order valence-corrected chi connectivity index (χ4v) is 2.59. The van der Waals surface area contributed by atoms with Crippen LogP contribution in [0.15, 0.2) is 72.9 Å². The lowest BCUT2D eigenvalue weighted by atomic mass is 10.1. The quantitative estimate of drug-likeness (QED) is 0.676. The highest BCUT2D eigenvalue weighted by Crippen LogP contribution is 2.12. The summed E-state index contributed by atoms with van der Waals surface area (Å²) < 4.78 is 13.6. The van der Waals surface area contributed by atoms with Gasteiger partial charge in [-0.05, 0) is 35.7 Å². The summed E-state index contributed by atoms with van der Waals surface area (Å²) in [6, 6.07) is 19.9. The minimum absolute atomic E-state index is 0.0849. The Bertz CT molecular complexity index is 851. The van der Waals surface area contributed by atoms with Gasteiger partial charge in [0, 0.05) is 6.54 Å². The average Bonchev–Trinajstić information content (AvgIpc) is 2.65. The molecule has 1 amide bonds. The van der Waals surface area contributed by atoms with Crippen LogP contribution in [0.2, 0.25) is 0 Å². The molecule has 0 saturated heterocycles. The molecular weight excluding hydrogens is 329 g/mol.